The topological polar surface area (TPSA) is 66.5 Å². The lowest BCUT2D eigenvalue weighted by molar-refractivity contribution is 0.284. The van der Waals surface area contributed by atoms with Gasteiger partial charge in [-0.3, -0.25) is 0 Å². The van der Waals surface area contributed by atoms with Gasteiger partial charge in [0.15, 0.2) is 11.5 Å². The van der Waals surface area contributed by atoms with Crippen LogP contribution in [0, 0.1) is 5.82 Å². The summed E-state index contributed by atoms with van der Waals surface area (Å²) in [5.41, 5.74) is 5.78. The molecule has 0 atom stereocenters. The molecule has 1 aromatic carbocycles. The predicted octanol–water partition coefficient (Wildman–Crippen LogP) is 3.12. The average Bonchev–Trinajstić information content (AvgIpc) is 2.27. The van der Waals surface area contributed by atoms with Crippen LogP contribution in [0.3, 0.4) is 0 Å². The smallest absolute Gasteiger partial charge is 0.163 e. The molecule has 2 rings (SSSR count). The quantitative estimate of drug-likeness (QED) is 0.698. The molecule has 0 unspecified atom stereocenters. The predicted molar refractivity (Wildman–Crippen MR) is 66.4 cm³/mol. The minimum Gasteiger partial charge on any atom is -0.504 e. The van der Waals surface area contributed by atoms with Crippen molar-refractivity contribution in [2.75, 3.05) is 0 Å². The first-order chi connectivity index (χ1) is 7.96. The fourth-order valence-corrected chi connectivity index (χ4v) is 3.19. The molecule has 1 saturated carbocycles. The standard InChI is InChI=1S/C12H15BrFNO2/c13-10-7(14)6-8(16)11(17)9(10)12(15)4-2-1-3-5-12/h6,16-17H,1-5,15H2. The van der Waals surface area contributed by atoms with Gasteiger partial charge in [-0.1, -0.05) is 19.3 Å². The van der Waals surface area contributed by atoms with Gasteiger partial charge in [0.1, 0.15) is 5.82 Å². The molecule has 0 bridgehead atoms. The molecule has 1 fully saturated rings. The first-order valence-electron chi connectivity index (χ1n) is 5.65. The monoisotopic (exact) mass is 303 g/mol. The van der Waals surface area contributed by atoms with E-state index in [0.29, 0.717) is 12.8 Å². The third-order valence-electron chi connectivity index (χ3n) is 3.42. The molecule has 94 valence electrons. The second kappa shape index (κ2) is 4.46. The highest BCUT2D eigenvalue weighted by Gasteiger charge is 2.35. The first-order valence-corrected chi connectivity index (χ1v) is 6.44. The molecule has 5 heteroatoms. The molecule has 0 aromatic heterocycles. The van der Waals surface area contributed by atoms with Crippen molar-refractivity contribution in [1.29, 1.82) is 0 Å². The normalized spacial score (nSPS) is 19.2. The van der Waals surface area contributed by atoms with E-state index in [0.717, 1.165) is 25.3 Å². The summed E-state index contributed by atoms with van der Waals surface area (Å²) in [7, 11) is 0. The number of benzene rings is 1. The number of phenols is 2. The minimum absolute atomic E-state index is 0.150. The molecular weight excluding hydrogens is 289 g/mol. The van der Waals surface area contributed by atoms with Gasteiger partial charge in [-0.2, -0.15) is 0 Å². The van der Waals surface area contributed by atoms with Gasteiger partial charge in [0, 0.05) is 17.2 Å². The van der Waals surface area contributed by atoms with Gasteiger partial charge in [-0.15, -0.1) is 0 Å². The lowest BCUT2D eigenvalue weighted by atomic mass is 9.77. The number of hydrogen-bond acceptors (Lipinski definition) is 3. The zero-order valence-corrected chi connectivity index (χ0v) is 10.9. The maximum absolute atomic E-state index is 13.6. The Morgan fingerprint density at radius 1 is 1.24 bits per heavy atom. The van der Waals surface area contributed by atoms with E-state index >= 15 is 0 Å². The van der Waals surface area contributed by atoms with E-state index in [-0.39, 0.29) is 15.8 Å². The average molecular weight is 304 g/mol. The van der Waals surface area contributed by atoms with Crippen molar-refractivity contribution in [2.24, 2.45) is 5.73 Å². The molecule has 17 heavy (non-hydrogen) atoms. The van der Waals surface area contributed by atoms with Crippen LogP contribution in [0.15, 0.2) is 10.5 Å². The number of aromatic hydroxyl groups is 2. The molecule has 1 aromatic rings. The Morgan fingerprint density at radius 2 is 1.82 bits per heavy atom. The van der Waals surface area contributed by atoms with Crippen LogP contribution in [0.1, 0.15) is 37.7 Å². The highest BCUT2D eigenvalue weighted by molar-refractivity contribution is 9.10. The summed E-state index contributed by atoms with van der Waals surface area (Å²) in [5.74, 6) is -1.38. The Morgan fingerprint density at radius 3 is 2.41 bits per heavy atom. The van der Waals surface area contributed by atoms with Crippen molar-refractivity contribution in [3.8, 4) is 11.5 Å². The summed E-state index contributed by atoms with van der Waals surface area (Å²) in [5, 5.41) is 19.4. The Labute approximate surface area is 108 Å². The van der Waals surface area contributed by atoms with Crippen LogP contribution in [0.5, 0.6) is 11.5 Å². The van der Waals surface area contributed by atoms with Crippen molar-refractivity contribution in [3.63, 3.8) is 0 Å². The summed E-state index contributed by atoms with van der Waals surface area (Å²) < 4.78 is 13.7. The molecule has 0 aliphatic heterocycles. The molecule has 4 N–H and O–H groups in total. The zero-order valence-electron chi connectivity index (χ0n) is 9.34. The van der Waals surface area contributed by atoms with Crippen LogP contribution >= 0.6 is 15.9 Å². The third-order valence-corrected chi connectivity index (χ3v) is 4.19. The van der Waals surface area contributed by atoms with Crippen LogP contribution < -0.4 is 5.73 Å². The number of nitrogens with two attached hydrogens (primary N) is 1. The summed E-state index contributed by atoms with van der Waals surface area (Å²) in [4.78, 5) is 0. The molecule has 0 spiro atoms. The van der Waals surface area contributed by atoms with Crippen molar-refractivity contribution in [2.45, 2.75) is 37.6 Å². The summed E-state index contributed by atoms with van der Waals surface area (Å²) >= 11 is 3.11. The molecule has 0 radical (unpaired) electrons. The Bertz CT molecular complexity index is 418. The number of hydrogen-bond donors (Lipinski definition) is 3. The van der Waals surface area contributed by atoms with Gasteiger partial charge >= 0.3 is 0 Å². The van der Waals surface area contributed by atoms with E-state index in [1.165, 1.54) is 0 Å². The lowest BCUT2D eigenvalue weighted by Gasteiger charge is -2.35. The second-order valence-corrected chi connectivity index (χ2v) is 5.42. The SMILES string of the molecule is NC1(c2c(O)c(O)cc(F)c2Br)CCCCC1. The maximum atomic E-state index is 13.6. The third kappa shape index (κ3) is 2.13. The van der Waals surface area contributed by atoms with Crippen molar-refractivity contribution in [1.82, 2.24) is 0 Å². The van der Waals surface area contributed by atoms with Crippen LogP contribution in [0.25, 0.3) is 0 Å². The fourth-order valence-electron chi connectivity index (χ4n) is 2.49. The van der Waals surface area contributed by atoms with Gasteiger partial charge < -0.3 is 15.9 Å². The first kappa shape index (κ1) is 12.6. The summed E-state index contributed by atoms with van der Waals surface area (Å²) in [6, 6.07) is 0.884. The largest absolute Gasteiger partial charge is 0.504 e. The number of halogens is 2. The van der Waals surface area contributed by atoms with Gasteiger partial charge in [0.2, 0.25) is 0 Å². The highest BCUT2D eigenvalue weighted by Crippen LogP contribution is 2.46. The van der Waals surface area contributed by atoms with Crippen LogP contribution in [-0.4, -0.2) is 10.2 Å². The van der Waals surface area contributed by atoms with Gasteiger partial charge in [-0.25, -0.2) is 4.39 Å². The van der Waals surface area contributed by atoms with E-state index in [4.69, 9.17) is 5.73 Å². The Balaban J connectivity index is 2.57. The van der Waals surface area contributed by atoms with Crippen molar-refractivity contribution >= 4 is 15.9 Å². The maximum Gasteiger partial charge on any atom is 0.163 e. The van der Waals surface area contributed by atoms with E-state index in [1.54, 1.807) is 0 Å². The molecule has 1 aliphatic carbocycles. The van der Waals surface area contributed by atoms with Gasteiger partial charge in [0.05, 0.1) is 4.47 Å². The van der Waals surface area contributed by atoms with Gasteiger partial charge in [0.25, 0.3) is 0 Å². The van der Waals surface area contributed by atoms with Crippen LogP contribution in [0.4, 0.5) is 4.39 Å². The molecule has 0 amide bonds. The van der Waals surface area contributed by atoms with Crippen LogP contribution in [0.2, 0.25) is 0 Å². The lowest BCUT2D eigenvalue weighted by Crippen LogP contribution is -2.39. The van der Waals surface area contributed by atoms with E-state index in [9.17, 15) is 14.6 Å². The van der Waals surface area contributed by atoms with Crippen LogP contribution in [-0.2, 0) is 5.54 Å². The van der Waals surface area contributed by atoms with Crippen molar-refractivity contribution < 1.29 is 14.6 Å². The summed E-state index contributed by atoms with van der Waals surface area (Å²) in [6.45, 7) is 0. The summed E-state index contributed by atoms with van der Waals surface area (Å²) in [6.07, 6.45) is 4.35. The minimum atomic E-state index is -0.763. The van der Waals surface area contributed by atoms with E-state index in [2.05, 4.69) is 15.9 Å². The Kier molecular flexibility index (Phi) is 3.32. The number of phenolic OH excluding ortho intramolecular Hbond substituents is 2. The fraction of sp³-hybridized carbons (Fsp3) is 0.500. The molecule has 3 nitrogen and oxygen atoms in total. The van der Waals surface area contributed by atoms with E-state index < -0.39 is 17.1 Å². The zero-order chi connectivity index (χ0) is 12.6. The van der Waals surface area contributed by atoms with Gasteiger partial charge in [-0.05, 0) is 28.8 Å². The molecular formula is C12H15BrFNO2. The molecule has 0 heterocycles. The molecule has 1 aliphatic rings. The molecule has 0 saturated heterocycles. The van der Waals surface area contributed by atoms with E-state index in [1.807, 2.05) is 0 Å². The van der Waals surface area contributed by atoms with Crippen molar-refractivity contribution in [3.05, 3.63) is 21.9 Å². The Hall–Kier alpha value is -0.810. The number of rotatable bonds is 1. The highest BCUT2D eigenvalue weighted by atomic mass is 79.9. The second-order valence-electron chi connectivity index (χ2n) is 4.63.